The van der Waals surface area contributed by atoms with Crippen LogP contribution in [0.2, 0.25) is 0 Å². The molecule has 0 aromatic carbocycles. The van der Waals surface area contributed by atoms with Crippen molar-refractivity contribution in [3.8, 4) is 0 Å². The van der Waals surface area contributed by atoms with Crippen molar-refractivity contribution < 1.29 is 4.79 Å². The predicted octanol–water partition coefficient (Wildman–Crippen LogP) is 3.95. The maximum Gasteiger partial charge on any atom is 0.149 e. The lowest BCUT2D eigenvalue weighted by Crippen LogP contribution is -2.31. The Morgan fingerprint density at radius 1 is 1.11 bits per heavy atom. The van der Waals surface area contributed by atoms with Crippen molar-refractivity contribution in [2.45, 2.75) is 44.4 Å². The van der Waals surface area contributed by atoms with Crippen LogP contribution in [0.5, 0.6) is 0 Å². The molecule has 3 heterocycles. The van der Waals surface area contributed by atoms with Crippen molar-refractivity contribution in [2.75, 3.05) is 13.1 Å². The molecule has 2 aliphatic rings. The van der Waals surface area contributed by atoms with E-state index < -0.39 is 0 Å². The lowest BCUT2D eigenvalue weighted by atomic mass is 9.76. The first-order valence-electron chi connectivity index (χ1n) is 10.2. The number of aromatic amines is 1. The summed E-state index contributed by atoms with van der Waals surface area (Å²) < 4.78 is 0. The van der Waals surface area contributed by atoms with Gasteiger partial charge in [0.05, 0.1) is 18.3 Å². The van der Waals surface area contributed by atoms with Crippen LogP contribution in [-0.2, 0) is 4.79 Å². The second kappa shape index (κ2) is 7.04. The lowest BCUT2D eigenvalue weighted by Gasteiger charge is -2.28. The van der Waals surface area contributed by atoms with E-state index in [1.54, 1.807) is 0 Å². The molecule has 5 rings (SSSR count). The number of nitrogens with zero attached hydrogens (tertiary/aromatic N) is 2. The SMILES string of the molecule is O=C(CNCC1CC1)C1CCC(c2ccnc3cnc4[nH]ccc4c23)CC1. The van der Waals surface area contributed by atoms with E-state index in [0.717, 1.165) is 54.7 Å². The zero-order valence-electron chi connectivity index (χ0n) is 15.6. The molecule has 0 aliphatic heterocycles. The van der Waals surface area contributed by atoms with Gasteiger partial charge in [-0.25, -0.2) is 4.98 Å². The Balaban J connectivity index is 1.30. The van der Waals surface area contributed by atoms with Gasteiger partial charge in [-0.3, -0.25) is 9.78 Å². The number of carbonyl (C=O) groups excluding carboxylic acids is 1. The van der Waals surface area contributed by atoms with Crippen LogP contribution in [-0.4, -0.2) is 33.8 Å². The molecule has 3 aromatic heterocycles. The Hall–Kier alpha value is -2.27. The number of rotatable bonds is 6. The maximum atomic E-state index is 12.5. The largest absolute Gasteiger partial charge is 0.346 e. The van der Waals surface area contributed by atoms with Crippen LogP contribution in [0.25, 0.3) is 21.9 Å². The fraction of sp³-hybridized carbons (Fsp3) is 0.500. The van der Waals surface area contributed by atoms with Crippen molar-refractivity contribution >= 4 is 27.7 Å². The number of Topliss-reactive ketones (excluding diaryl/α,β-unsaturated/α-hetero) is 1. The fourth-order valence-electron chi connectivity index (χ4n) is 4.61. The summed E-state index contributed by atoms with van der Waals surface area (Å²) in [6, 6.07) is 4.26. The summed E-state index contributed by atoms with van der Waals surface area (Å²) in [5, 5.41) is 5.74. The Morgan fingerprint density at radius 3 is 2.78 bits per heavy atom. The van der Waals surface area contributed by atoms with Crippen molar-refractivity contribution in [1.82, 2.24) is 20.3 Å². The molecule has 3 aromatic rings. The minimum absolute atomic E-state index is 0.231. The predicted molar refractivity (Wildman–Crippen MR) is 107 cm³/mol. The number of nitrogens with one attached hydrogen (secondary N) is 2. The van der Waals surface area contributed by atoms with Gasteiger partial charge < -0.3 is 10.3 Å². The average Bonchev–Trinajstić information content (AvgIpc) is 3.40. The summed E-state index contributed by atoms with van der Waals surface area (Å²) in [7, 11) is 0. The summed E-state index contributed by atoms with van der Waals surface area (Å²) in [6.45, 7) is 1.57. The number of aromatic nitrogens is 3. The standard InChI is InChI=1S/C22H26N4O/c27-20(13-23-11-14-1-2-14)16-5-3-15(4-6-16)17-7-9-24-19-12-26-22-18(21(17)19)8-10-25-22/h7-10,12,14-16,23H,1-6,11,13H2,(H,25,26). The number of pyridine rings is 2. The summed E-state index contributed by atoms with van der Waals surface area (Å²) in [6.07, 6.45) is 12.5. The van der Waals surface area contributed by atoms with Crippen molar-refractivity contribution in [3.05, 3.63) is 36.3 Å². The van der Waals surface area contributed by atoms with Crippen LogP contribution in [0.15, 0.2) is 30.7 Å². The van der Waals surface area contributed by atoms with Gasteiger partial charge in [0.25, 0.3) is 0 Å². The molecule has 2 aliphatic carbocycles. The number of hydrogen-bond donors (Lipinski definition) is 2. The molecule has 0 atom stereocenters. The highest BCUT2D eigenvalue weighted by Gasteiger charge is 2.28. The summed E-state index contributed by atoms with van der Waals surface area (Å²) in [5.41, 5.74) is 3.24. The van der Waals surface area contributed by atoms with E-state index in [4.69, 9.17) is 0 Å². The second-order valence-corrected chi connectivity index (χ2v) is 8.25. The normalized spacial score (nSPS) is 23.1. The molecule has 2 saturated carbocycles. The van der Waals surface area contributed by atoms with E-state index in [9.17, 15) is 4.79 Å². The van der Waals surface area contributed by atoms with E-state index in [1.807, 2.05) is 18.6 Å². The molecule has 5 heteroatoms. The van der Waals surface area contributed by atoms with Crippen LogP contribution in [0.1, 0.15) is 50.0 Å². The minimum atomic E-state index is 0.231. The molecule has 0 spiro atoms. The van der Waals surface area contributed by atoms with Gasteiger partial charge in [-0.05, 0) is 74.6 Å². The first-order valence-corrected chi connectivity index (χ1v) is 10.2. The van der Waals surface area contributed by atoms with E-state index >= 15 is 0 Å². The average molecular weight is 362 g/mol. The van der Waals surface area contributed by atoms with Crippen LogP contribution >= 0.6 is 0 Å². The first-order chi connectivity index (χ1) is 13.3. The highest BCUT2D eigenvalue weighted by atomic mass is 16.1. The quantitative estimate of drug-likeness (QED) is 0.696. The molecule has 0 amide bonds. The number of H-pyrrole nitrogens is 1. The lowest BCUT2D eigenvalue weighted by molar-refractivity contribution is -0.123. The van der Waals surface area contributed by atoms with Gasteiger partial charge in [-0.2, -0.15) is 0 Å². The van der Waals surface area contributed by atoms with Crippen molar-refractivity contribution in [2.24, 2.45) is 11.8 Å². The van der Waals surface area contributed by atoms with Crippen molar-refractivity contribution in [3.63, 3.8) is 0 Å². The molecular weight excluding hydrogens is 336 g/mol. The Bertz CT molecular complexity index is 967. The number of carbonyl (C=O) groups is 1. The minimum Gasteiger partial charge on any atom is -0.346 e. The van der Waals surface area contributed by atoms with E-state index in [2.05, 4.69) is 32.4 Å². The molecule has 140 valence electrons. The fourth-order valence-corrected chi connectivity index (χ4v) is 4.61. The third-order valence-electron chi connectivity index (χ3n) is 6.37. The van der Waals surface area contributed by atoms with Crippen LogP contribution in [0.3, 0.4) is 0 Å². The third kappa shape index (κ3) is 3.36. The van der Waals surface area contributed by atoms with Gasteiger partial charge in [-0.15, -0.1) is 0 Å². The van der Waals surface area contributed by atoms with Crippen LogP contribution in [0, 0.1) is 11.8 Å². The molecule has 27 heavy (non-hydrogen) atoms. The highest BCUT2D eigenvalue weighted by molar-refractivity contribution is 6.05. The van der Waals surface area contributed by atoms with Gasteiger partial charge >= 0.3 is 0 Å². The molecule has 2 N–H and O–H groups in total. The Labute approximate surface area is 159 Å². The van der Waals surface area contributed by atoms with Gasteiger partial charge in [-0.1, -0.05) is 0 Å². The highest BCUT2D eigenvalue weighted by Crippen LogP contribution is 2.40. The second-order valence-electron chi connectivity index (χ2n) is 8.25. The number of hydrogen-bond acceptors (Lipinski definition) is 4. The van der Waals surface area contributed by atoms with Gasteiger partial charge in [0.15, 0.2) is 0 Å². The number of fused-ring (bicyclic) bond motifs is 3. The van der Waals surface area contributed by atoms with Crippen LogP contribution in [0.4, 0.5) is 0 Å². The van der Waals surface area contributed by atoms with E-state index in [-0.39, 0.29) is 5.92 Å². The molecule has 0 saturated heterocycles. The summed E-state index contributed by atoms with van der Waals surface area (Å²) >= 11 is 0. The first kappa shape index (κ1) is 16.9. The molecule has 0 unspecified atom stereocenters. The van der Waals surface area contributed by atoms with E-state index in [1.165, 1.54) is 23.8 Å². The maximum absolute atomic E-state index is 12.5. The molecule has 0 bridgehead atoms. The smallest absolute Gasteiger partial charge is 0.149 e. The Morgan fingerprint density at radius 2 is 1.96 bits per heavy atom. The summed E-state index contributed by atoms with van der Waals surface area (Å²) in [4.78, 5) is 24.7. The monoisotopic (exact) mass is 362 g/mol. The molecule has 2 fully saturated rings. The zero-order valence-corrected chi connectivity index (χ0v) is 15.6. The third-order valence-corrected chi connectivity index (χ3v) is 6.37. The van der Waals surface area contributed by atoms with Gasteiger partial charge in [0.2, 0.25) is 0 Å². The molecular formula is C22H26N4O. The van der Waals surface area contributed by atoms with Crippen molar-refractivity contribution in [1.29, 1.82) is 0 Å². The molecule has 5 nitrogen and oxygen atoms in total. The summed E-state index contributed by atoms with van der Waals surface area (Å²) in [5.74, 6) is 1.97. The number of ketones is 1. The van der Waals surface area contributed by atoms with Gasteiger partial charge in [0.1, 0.15) is 11.4 Å². The van der Waals surface area contributed by atoms with Gasteiger partial charge in [0, 0.05) is 29.1 Å². The zero-order chi connectivity index (χ0) is 18.2. The van der Waals surface area contributed by atoms with E-state index in [0.29, 0.717) is 18.2 Å². The Kier molecular flexibility index (Phi) is 4.40. The topological polar surface area (TPSA) is 70.7 Å². The molecule has 0 radical (unpaired) electrons. The van der Waals surface area contributed by atoms with Crippen LogP contribution < -0.4 is 5.32 Å².